The van der Waals surface area contributed by atoms with Gasteiger partial charge in [0.2, 0.25) is 5.79 Å². The number of fused-ring (bicyclic) bond motifs is 2. The Bertz CT molecular complexity index is 972. The number of methoxy groups -OCH3 is 4. The van der Waals surface area contributed by atoms with Crippen molar-refractivity contribution in [2.75, 3.05) is 59.6 Å². The summed E-state index contributed by atoms with van der Waals surface area (Å²) in [5.41, 5.74) is 0.983. The summed E-state index contributed by atoms with van der Waals surface area (Å²) in [6.45, 7) is 5.10. The molecular weight excluding hydrogens is 515 g/mol. The van der Waals surface area contributed by atoms with Gasteiger partial charge < -0.3 is 32.9 Å². The highest BCUT2D eigenvalue weighted by Crippen LogP contribution is 2.46. The number of carbonyl (C=O) groups is 2. The monoisotopic (exact) mass is 554 g/mol. The van der Waals surface area contributed by atoms with Crippen LogP contribution >= 0.6 is 9.47 Å². The van der Waals surface area contributed by atoms with Gasteiger partial charge >= 0.3 is 12.1 Å². The van der Waals surface area contributed by atoms with E-state index >= 15 is 0 Å². The minimum absolute atomic E-state index is 0.0232. The summed E-state index contributed by atoms with van der Waals surface area (Å²) in [7, 11) is 8.31. The summed E-state index contributed by atoms with van der Waals surface area (Å²) in [6.07, 6.45) is 3.63. The molecule has 0 aromatic heterocycles. The van der Waals surface area contributed by atoms with Crippen LogP contribution in [0.3, 0.4) is 0 Å². The van der Waals surface area contributed by atoms with Crippen LogP contribution in [0.4, 0.5) is 10.5 Å². The van der Waals surface area contributed by atoms with Gasteiger partial charge in [-0.1, -0.05) is 19.1 Å². The van der Waals surface area contributed by atoms with Gasteiger partial charge in [-0.3, -0.25) is 9.69 Å². The second kappa shape index (κ2) is 14.1. The lowest BCUT2D eigenvalue weighted by atomic mass is 9.92. The lowest BCUT2D eigenvalue weighted by Gasteiger charge is -2.49. The van der Waals surface area contributed by atoms with E-state index in [2.05, 4.69) is 20.9 Å². The molecule has 1 amide bonds. The van der Waals surface area contributed by atoms with E-state index in [0.717, 1.165) is 25.8 Å². The van der Waals surface area contributed by atoms with E-state index in [4.69, 9.17) is 32.9 Å². The first kappa shape index (κ1) is 30.1. The number of nitrogens with zero attached hydrogens (tertiary/aromatic N) is 2. The van der Waals surface area contributed by atoms with Crippen LogP contribution in [-0.2, 0) is 34.1 Å². The molecule has 1 aromatic rings. The Balaban J connectivity index is 2.18. The first-order valence-electron chi connectivity index (χ1n) is 12.6. The van der Waals surface area contributed by atoms with Gasteiger partial charge in [-0.2, -0.15) is 0 Å². The van der Waals surface area contributed by atoms with Gasteiger partial charge in [-0.15, -0.1) is 0 Å². The number of anilines is 1. The number of benzene rings is 1. The molecule has 11 nitrogen and oxygen atoms in total. The number of hydrogen-bond donors (Lipinski definition) is 0. The van der Waals surface area contributed by atoms with Crippen LogP contribution in [0.1, 0.15) is 37.7 Å². The molecule has 1 unspecified atom stereocenters. The van der Waals surface area contributed by atoms with Crippen LogP contribution in [0, 0.1) is 0 Å². The smallest absolute Gasteiger partial charge is 0.416 e. The molecular formula is C26H39N2O9P. The van der Waals surface area contributed by atoms with Crippen molar-refractivity contribution in [2.45, 2.75) is 50.2 Å². The van der Waals surface area contributed by atoms with Gasteiger partial charge in [0.25, 0.3) is 0 Å². The summed E-state index contributed by atoms with van der Waals surface area (Å²) in [4.78, 5) is 28.8. The Hall–Kier alpha value is -2.43. The Morgan fingerprint density at radius 2 is 1.92 bits per heavy atom. The second-order valence-corrected chi connectivity index (χ2v) is 9.28. The fourth-order valence-electron chi connectivity index (χ4n) is 5.01. The van der Waals surface area contributed by atoms with Gasteiger partial charge in [-0.05, 0) is 31.9 Å². The zero-order chi connectivity index (χ0) is 27.7. The maximum absolute atomic E-state index is 13.6. The number of amides is 1. The van der Waals surface area contributed by atoms with Crippen LogP contribution in [0.25, 0.3) is 0 Å². The van der Waals surface area contributed by atoms with Crippen LogP contribution in [0.2, 0.25) is 0 Å². The van der Waals surface area contributed by atoms with Crippen LogP contribution in [0.5, 0.6) is 11.5 Å². The van der Waals surface area contributed by atoms with Crippen molar-refractivity contribution >= 4 is 27.2 Å². The molecule has 2 heterocycles. The highest BCUT2D eigenvalue weighted by Gasteiger charge is 2.48. The molecule has 0 aliphatic carbocycles. The topological polar surface area (TPSA) is 105 Å². The van der Waals surface area contributed by atoms with Crippen molar-refractivity contribution in [3.8, 4) is 11.5 Å². The third-order valence-electron chi connectivity index (χ3n) is 6.94. The van der Waals surface area contributed by atoms with Crippen molar-refractivity contribution in [1.82, 2.24) is 4.90 Å². The Morgan fingerprint density at radius 1 is 1.16 bits per heavy atom. The second-order valence-electron chi connectivity index (χ2n) is 9.01. The SMILES string of the molecule is C=CCOC(=O)N1c2cc(OCCCC(=O)OC)c(OC)cc2C(OC)(OC)CN2CCCC[C@H]2[C@@H]1OP. The number of rotatable bonds is 11. The first-order valence-corrected chi connectivity index (χ1v) is 13.1. The van der Waals surface area contributed by atoms with Crippen molar-refractivity contribution in [2.24, 2.45) is 0 Å². The zero-order valence-electron chi connectivity index (χ0n) is 22.6. The fourth-order valence-corrected chi connectivity index (χ4v) is 5.31. The minimum Gasteiger partial charge on any atom is -0.493 e. The van der Waals surface area contributed by atoms with Crippen molar-refractivity contribution in [3.05, 3.63) is 30.4 Å². The van der Waals surface area contributed by atoms with E-state index in [1.807, 2.05) is 0 Å². The summed E-state index contributed by atoms with van der Waals surface area (Å²) in [5, 5.41) is 0. The largest absolute Gasteiger partial charge is 0.493 e. The lowest BCUT2D eigenvalue weighted by Crippen LogP contribution is -2.61. The predicted molar refractivity (Wildman–Crippen MR) is 143 cm³/mol. The predicted octanol–water partition coefficient (Wildman–Crippen LogP) is 3.60. The third kappa shape index (κ3) is 6.40. The fraction of sp³-hybridized carbons (Fsp3) is 0.615. The number of hydrogen-bond acceptors (Lipinski definition) is 10. The summed E-state index contributed by atoms with van der Waals surface area (Å²) in [5.74, 6) is -0.761. The molecule has 0 saturated carbocycles. The minimum atomic E-state index is -1.23. The molecule has 0 spiro atoms. The van der Waals surface area contributed by atoms with Gasteiger partial charge in [0, 0.05) is 41.7 Å². The van der Waals surface area contributed by atoms with Crippen LogP contribution in [0.15, 0.2) is 24.8 Å². The zero-order valence-corrected chi connectivity index (χ0v) is 23.8. The highest BCUT2D eigenvalue weighted by molar-refractivity contribution is 7.09. The molecule has 3 atom stereocenters. The number of piperidine rings is 1. The lowest BCUT2D eigenvalue weighted by molar-refractivity contribution is -0.233. The molecule has 2 aliphatic heterocycles. The van der Waals surface area contributed by atoms with Crippen molar-refractivity contribution < 1.29 is 42.5 Å². The molecule has 2 aliphatic rings. The quantitative estimate of drug-likeness (QED) is 0.132. The molecule has 0 bridgehead atoms. The van der Waals surface area contributed by atoms with E-state index < -0.39 is 18.1 Å². The van der Waals surface area contributed by atoms with E-state index in [-0.39, 0.29) is 31.6 Å². The van der Waals surface area contributed by atoms with Gasteiger partial charge in [0.15, 0.2) is 17.7 Å². The molecule has 1 fully saturated rings. The Labute approximate surface area is 226 Å². The normalized spacial score (nSPS) is 20.8. The van der Waals surface area contributed by atoms with E-state index in [9.17, 15) is 9.59 Å². The molecule has 3 rings (SSSR count). The maximum atomic E-state index is 13.6. The average Bonchev–Trinajstić information content (AvgIpc) is 2.94. The average molecular weight is 555 g/mol. The number of carbonyl (C=O) groups excluding carboxylic acids is 2. The molecule has 12 heteroatoms. The van der Waals surface area contributed by atoms with Gasteiger partial charge in [0.1, 0.15) is 6.61 Å². The third-order valence-corrected chi connectivity index (χ3v) is 7.22. The highest BCUT2D eigenvalue weighted by atomic mass is 31.0. The Kier molecular flexibility index (Phi) is 11.2. The Morgan fingerprint density at radius 3 is 2.55 bits per heavy atom. The summed E-state index contributed by atoms with van der Waals surface area (Å²) < 4.78 is 39.9. The standard InChI is InChI=1S/C26H39N2O9P/c1-6-13-36-25(30)28-20-16-22(35-14-9-11-23(29)32-3)21(31-2)15-18(20)26(33-4,34-5)17-27-12-8-7-10-19(27)24(28)37-38/h6,15-16,19,24H,1,7-14,17,38H2,2-5H3/t19-,24-/m0/s1. The number of esters is 1. The molecule has 38 heavy (non-hydrogen) atoms. The van der Waals surface area contributed by atoms with Gasteiger partial charge in [0.05, 0.1) is 39.1 Å². The van der Waals surface area contributed by atoms with Crippen LogP contribution in [-0.4, -0.2) is 84.0 Å². The van der Waals surface area contributed by atoms with Crippen molar-refractivity contribution in [1.29, 1.82) is 0 Å². The molecule has 1 aromatic carbocycles. The molecule has 212 valence electrons. The van der Waals surface area contributed by atoms with E-state index in [1.54, 1.807) is 26.4 Å². The van der Waals surface area contributed by atoms with Gasteiger partial charge in [-0.25, -0.2) is 9.69 Å². The summed E-state index contributed by atoms with van der Waals surface area (Å²) >= 11 is 0. The molecule has 1 saturated heterocycles. The van der Waals surface area contributed by atoms with E-state index in [0.29, 0.717) is 35.7 Å². The maximum Gasteiger partial charge on any atom is 0.416 e. The first-order chi connectivity index (χ1) is 18.4. The number of ether oxygens (including phenoxy) is 6. The van der Waals surface area contributed by atoms with Crippen molar-refractivity contribution in [3.63, 3.8) is 0 Å². The molecule has 0 N–H and O–H groups in total. The van der Waals surface area contributed by atoms with E-state index in [1.165, 1.54) is 25.2 Å². The summed E-state index contributed by atoms with van der Waals surface area (Å²) in [6, 6.07) is 3.29. The molecule has 0 radical (unpaired) electrons. The van der Waals surface area contributed by atoms with Crippen LogP contribution < -0.4 is 14.4 Å².